The van der Waals surface area contributed by atoms with Crippen molar-refractivity contribution >= 4 is 21.8 Å². The molecule has 0 radical (unpaired) electrons. The Labute approximate surface area is 111 Å². The van der Waals surface area contributed by atoms with E-state index in [0.29, 0.717) is 23.9 Å². The van der Waals surface area contributed by atoms with Gasteiger partial charge in [-0.15, -0.1) is 4.40 Å². The van der Waals surface area contributed by atoms with Gasteiger partial charge in [-0.25, -0.2) is 8.42 Å². The van der Waals surface area contributed by atoms with Crippen LogP contribution in [0.1, 0.15) is 12.8 Å². The molecule has 0 spiro atoms. The van der Waals surface area contributed by atoms with E-state index in [4.69, 9.17) is 0 Å². The lowest BCUT2D eigenvalue weighted by atomic mass is 10.1. The van der Waals surface area contributed by atoms with Crippen LogP contribution in [0.2, 0.25) is 0 Å². The standard InChI is InChI=1S/C12H15N3O3S/c16-12(13-7-9-1-2-9)10-3-4-11-14-19(17,18)6-5-15(11)8-10/h3-4,8-9H,1-2,5-7H2,(H,13,16). The molecule has 7 heteroatoms. The second kappa shape index (κ2) is 4.48. The summed E-state index contributed by atoms with van der Waals surface area (Å²) in [6, 6.07) is 0. The molecule has 0 unspecified atom stereocenters. The number of carbonyl (C=O) groups excluding carboxylic acids is 1. The van der Waals surface area contributed by atoms with Crippen LogP contribution in [-0.4, -0.2) is 43.9 Å². The highest BCUT2D eigenvalue weighted by molar-refractivity contribution is 7.90. The zero-order chi connectivity index (χ0) is 13.5. The molecule has 0 saturated heterocycles. The number of amidine groups is 1. The molecule has 0 bridgehead atoms. The molecule has 1 amide bonds. The van der Waals surface area contributed by atoms with E-state index in [9.17, 15) is 13.2 Å². The first-order valence-corrected chi connectivity index (χ1v) is 7.92. The number of sulfonamides is 1. The molecule has 1 aliphatic carbocycles. The molecule has 102 valence electrons. The lowest BCUT2D eigenvalue weighted by Crippen LogP contribution is -2.38. The minimum Gasteiger partial charge on any atom is -0.352 e. The van der Waals surface area contributed by atoms with Crippen molar-refractivity contribution in [3.63, 3.8) is 0 Å². The topological polar surface area (TPSA) is 78.8 Å². The fourth-order valence-electron chi connectivity index (χ4n) is 2.00. The number of amides is 1. The summed E-state index contributed by atoms with van der Waals surface area (Å²) in [5.74, 6) is 0.882. The van der Waals surface area contributed by atoms with Crippen LogP contribution < -0.4 is 5.32 Å². The molecule has 3 aliphatic rings. The first-order chi connectivity index (χ1) is 9.03. The van der Waals surface area contributed by atoms with Crippen LogP contribution in [0, 0.1) is 5.92 Å². The Balaban J connectivity index is 1.71. The van der Waals surface area contributed by atoms with Gasteiger partial charge in [0.05, 0.1) is 11.3 Å². The molecule has 1 N–H and O–H groups in total. The second-order valence-corrected chi connectivity index (χ2v) is 6.75. The Kier molecular flexibility index (Phi) is 2.93. The van der Waals surface area contributed by atoms with E-state index in [1.807, 2.05) is 0 Å². The summed E-state index contributed by atoms with van der Waals surface area (Å²) in [5.41, 5.74) is 0.541. The highest BCUT2D eigenvalue weighted by atomic mass is 32.2. The third kappa shape index (κ3) is 2.86. The molecule has 1 saturated carbocycles. The van der Waals surface area contributed by atoms with Gasteiger partial charge >= 0.3 is 0 Å². The van der Waals surface area contributed by atoms with E-state index in [0.717, 1.165) is 6.54 Å². The molecule has 19 heavy (non-hydrogen) atoms. The summed E-state index contributed by atoms with van der Waals surface area (Å²) in [6.07, 6.45) is 7.23. The van der Waals surface area contributed by atoms with E-state index in [2.05, 4.69) is 9.71 Å². The predicted molar refractivity (Wildman–Crippen MR) is 70.9 cm³/mol. The van der Waals surface area contributed by atoms with Gasteiger partial charge in [-0.3, -0.25) is 4.79 Å². The number of fused-ring (bicyclic) bond motifs is 1. The normalized spacial score (nSPS) is 24.3. The molecule has 2 aliphatic heterocycles. The van der Waals surface area contributed by atoms with E-state index in [1.165, 1.54) is 12.8 Å². The van der Waals surface area contributed by atoms with E-state index in [1.54, 1.807) is 23.3 Å². The summed E-state index contributed by atoms with van der Waals surface area (Å²) in [5, 5.41) is 2.88. The number of carbonyl (C=O) groups is 1. The van der Waals surface area contributed by atoms with Gasteiger partial charge in [-0.05, 0) is 30.9 Å². The lowest BCUT2D eigenvalue weighted by molar-refractivity contribution is -0.117. The van der Waals surface area contributed by atoms with Crippen LogP contribution in [0.15, 0.2) is 28.3 Å². The van der Waals surface area contributed by atoms with Crippen LogP contribution in [0.25, 0.3) is 0 Å². The van der Waals surface area contributed by atoms with Crippen molar-refractivity contribution in [1.29, 1.82) is 0 Å². The largest absolute Gasteiger partial charge is 0.352 e. The van der Waals surface area contributed by atoms with Crippen molar-refractivity contribution < 1.29 is 13.2 Å². The number of nitrogens with one attached hydrogen (secondary N) is 1. The average molecular weight is 281 g/mol. The van der Waals surface area contributed by atoms with Gasteiger partial charge in [0.2, 0.25) is 0 Å². The van der Waals surface area contributed by atoms with Crippen molar-refractivity contribution in [3.05, 3.63) is 23.9 Å². The van der Waals surface area contributed by atoms with Gasteiger partial charge < -0.3 is 10.2 Å². The fraction of sp³-hybridized carbons (Fsp3) is 0.500. The molecule has 1 fully saturated rings. The SMILES string of the molecule is O=C(NCC1CC1)C1=CN2CCS(=O)(=O)N=C2C=C1. The maximum atomic E-state index is 11.9. The molecule has 3 rings (SSSR count). The van der Waals surface area contributed by atoms with Crippen LogP contribution in [0.5, 0.6) is 0 Å². The zero-order valence-corrected chi connectivity index (χ0v) is 11.2. The highest BCUT2D eigenvalue weighted by Crippen LogP contribution is 2.27. The minimum absolute atomic E-state index is 0.0161. The number of hydrogen-bond acceptors (Lipinski definition) is 4. The summed E-state index contributed by atoms with van der Waals surface area (Å²) < 4.78 is 26.4. The number of rotatable bonds is 3. The van der Waals surface area contributed by atoms with Gasteiger partial charge in [-0.2, -0.15) is 0 Å². The Bertz CT molecular complexity index is 600. The minimum atomic E-state index is -3.34. The van der Waals surface area contributed by atoms with E-state index < -0.39 is 10.0 Å². The Morgan fingerprint density at radius 1 is 1.42 bits per heavy atom. The van der Waals surface area contributed by atoms with Crippen molar-refractivity contribution in [2.45, 2.75) is 12.8 Å². The van der Waals surface area contributed by atoms with Crippen molar-refractivity contribution in [2.24, 2.45) is 10.3 Å². The summed E-state index contributed by atoms with van der Waals surface area (Å²) in [6.45, 7) is 1.06. The lowest BCUT2D eigenvalue weighted by Gasteiger charge is -2.26. The summed E-state index contributed by atoms with van der Waals surface area (Å²) in [4.78, 5) is 13.6. The van der Waals surface area contributed by atoms with Crippen LogP contribution in [0.4, 0.5) is 0 Å². The number of nitrogens with zero attached hydrogens (tertiary/aromatic N) is 2. The molecule has 0 aromatic heterocycles. The molecular weight excluding hydrogens is 266 g/mol. The molecule has 6 nitrogen and oxygen atoms in total. The van der Waals surface area contributed by atoms with Crippen LogP contribution in [-0.2, 0) is 14.8 Å². The monoisotopic (exact) mass is 281 g/mol. The Hall–Kier alpha value is -1.63. The third-order valence-electron chi connectivity index (χ3n) is 3.33. The first-order valence-electron chi connectivity index (χ1n) is 6.31. The van der Waals surface area contributed by atoms with Crippen molar-refractivity contribution in [3.8, 4) is 0 Å². The smallest absolute Gasteiger partial charge is 0.256 e. The molecular formula is C12H15N3O3S. The average Bonchev–Trinajstić information content (AvgIpc) is 3.18. The van der Waals surface area contributed by atoms with Gasteiger partial charge in [0.25, 0.3) is 15.9 Å². The quantitative estimate of drug-likeness (QED) is 0.790. The summed E-state index contributed by atoms with van der Waals surface area (Å²) in [7, 11) is -3.34. The second-order valence-electron chi connectivity index (χ2n) is 5.00. The van der Waals surface area contributed by atoms with Crippen molar-refractivity contribution in [2.75, 3.05) is 18.8 Å². The fourth-order valence-corrected chi connectivity index (χ4v) is 2.97. The van der Waals surface area contributed by atoms with E-state index in [-0.39, 0.29) is 11.7 Å². The maximum absolute atomic E-state index is 11.9. The molecule has 0 aromatic rings. The van der Waals surface area contributed by atoms with Gasteiger partial charge in [-0.1, -0.05) is 0 Å². The first kappa shape index (κ1) is 12.4. The van der Waals surface area contributed by atoms with Crippen LogP contribution >= 0.6 is 0 Å². The van der Waals surface area contributed by atoms with E-state index >= 15 is 0 Å². The maximum Gasteiger partial charge on any atom is 0.256 e. The molecule has 2 heterocycles. The summed E-state index contributed by atoms with van der Waals surface area (Å²) >= 11 is 0. The van der Waals surface area contributed by atoms with Crippen LogP contribution in [0.3, 0.4) is 0 Å². The molecule has 0 atom stereocenters. The number of hydrogen-bond donors (Lipinski definition) is 1. The van der Waals surface area contributed by atoms with Gasteiger partial charge in [0.1, 0.15) is 5.84 Å². The van der Waals surface area contributed by atoms with Gasteiger partial charge in [0, 0.05) is 19.3 Å². The van der Waals surface area contributed by atoms with Gasteiger partial charge in [0.15, 0.2) is 0 Å². The predicted octanol–water partition coefficient (Wildman–Crippen LogP) is 0.0102. The Morgan fingerprint density at radius 3 is 2.95 bits per heavy atom. The highest BCUT2D eigenvalue weighted by Gasteiger charge is 2.26. The zero-order valence-electron chi connectivity index (χ0n) is 10.4. The molecule has 0 aromatic carbocycles. The third-order valence-corrected chi connectivity index (χ3v) is 4.50. The van der Waals surface area contributed by atoms with Crippen molar-refractivity contribution in [1.82, 2.24) is 10.2 Å². The Morgan fingerprint density at radius 2 is 2.21 bits per heavy atom.